The zero-order valence-electron chi connectivity index (χ0n) is 11.3. The maximum absolute atomic E-state index is 12.5. The Morgan fingerprint density at radius 2 is 1.86 bits per heavy atom. The average molecular weight is 301 g/mol. The fraction of sp³-hybridized carbons (Fsp3) is 0.429. The first-order valence-electron chi connectivity index (χ1n) is 6.40. The van der Waals surface area contributed by atoms with E-state index in [9.17, 15) is 22.8 Å². The van der Waals surface area contributed by atoms with Crippen LogP contribution in [-0.4, -0.2) is 42.5 Å². The third-order valence-corrected chi connectivity index (χ3v) is 3.43. The Labute approximate surface area is 119 Å². The lowest BCUT2D eigenvalue weighted by Crippen LogP contribution is -2.46. The quantitative estimate of drug-likeness (QED) is 0.806. The molecule has 0 saturated carbocycles. The molecule has 0 aromatic heterocycles. The smallest absolute Gasteiger partial charge is 0.471 e. The molecule has 4 nitrogen and oxygen atoms in total. The van der Waals surface area contributed by atoms with Gasteiger partial charge in [0.2, 0.25) is 0 Å². The summed E-state index contributed by atoms with van der Waals surface area (Å²) in [6.45, 7) is -0.0507. The molecular weight excluding hydrogens is 287 g/mol. The summed E-state index contributed by atoms with van der Waals surface area (Å²) < 4.78 is 42.5. The molecule has 0 spiro atoms. The third kappa shape index (κ3) is 3.17. The van der Waals surface area contributed by atoms with E-state index < -0.39 is 23.9 Å². The number of ether oxygens (including phenoxy) is 1. The minimum atomic E-state index is -4.96. The van der Waals surface area contributed by atoms with Crippen molar-refractivity contribution in [3.05, 3.63) is 29.8 Å². The van der Waals surface area contributed by atoms with Gasteiger partial charge in [0.25, 0.3) is 0 Å². The van der Waals surface area contributed by atoms with Crippen molar-refractivity contribution < 1.29 is 27.5 Å². The first kappa shape index (κ1) is 15.3. The second-order valence-corrected chi connectivity index (χ2v) is 4.75. The van der Waals surface area contributed by atoms with Gasteiger partial charge in [-0.15, -0.1) is 0 Å². The normalized spacial score (nSPS) is 18.7. The number of carbonyl (C=O) groups is 2. The lowest BCUT2D eigenvalue weighted by molar-refractivity contribution is -0.185. The predicted molar refractivity (Wildman–Crippen MR) is 68.1 cm³/mol. The second-order valence-electron chi connectivity index (χ2n) is 4.75. The highest BCUT2D eigenvalue weighted by atomic mass is 19.4. The van der Waals surface area contributed by atoms with Crippen LogP contribution in [-0.2, 0) is 4.79 Å². The Morgan fingerprint density at radius 3 is 2.38 bits per heavy atom. The number of carbonyl (C=O) groups excluding carboxylic acids is 2. The Bertz CT molecular complexity index is 539. The number of hydrogen-bond acceptors (Lipinski definition) is 3. The molecule has 0 aliphatic carbocycles. The van der Waals surface area contributed by atoms with Crippen molar-refractivity contribution in [1.29, 1.82) is 0 Å². The molecule has 1 aliphatic rings. The molecule has 1 aliphatic heterocycles. The summed E-state index contributed by atoms with van der Waals surface area (Å²) in [6, 6.07) is 5.02. The Balaban J connectivity index is 2.19. The van der Waals surface area contributed by atoms with Crippen LogP contribution in [0.25, 0.3) is 0 Å². The molecule has 1 aromatic carbocycles. The first-order valence-corrected chi connectivity index (χ1v) is 6.40. The number of alkyl halides is 3. The molecule has 1 fully saturated rings. The van der Waals surface area contributed by atoms with Crippen LogP contribution in [0, 0.1) is 0 Å². The molecular formula is C14H14F3NO3. The number of benzene rings is 1. The van der Waals surface area contributed by atoms with Crippen LogP contribution in [0.4, 0.5) is 13.2 Å². The van der Waals surface area contributed by atoms with Gasteiger partial charge in [0.1, 0.15) is 5.75 Å². The lowest BCUT2D eigenvalue weighted by Gasteiger charge is -2.24. The molecule has 1 unspecified atom stereocenters. The molecule has 0 N–H and O–H groups in total. The first-order chi connectivity index (χ1) is 9.84. The molecule has 0 radical (unpaired) electrons. The fourth-order valence-corrected chi connectivity index (χ4v) is 2.39. The van der Waals surface area contributed by atoms with Crippen molar-refractivity contribution in [2.45, 2.75) is 25.1 Å². The van der Waals surface area contributed by atoms with Crippen LogP contribution in [0.5, 0.6) is 5.75 Å². The largest absolute Gasteiger partial charge is 0.497 e. The van der Waals surface area contributed by atoms with Gasteiger partial charge >= 0.3 is 12.1 Å². The van der Waals surface area contributed by atoms with E-state index in [1.54, 1.807) is 12.1 Å². The van der Waals surface area contributed by atoms with Gasteiger partial charge in [-0.2, -0.15) is 13.2 Å². The number of ketones is 1. The molecule has 21 heavy (non-hydrogen) atoms. The molecule has 1 saturated heterocycles. The van der Waals surface area contributed by atoms with E-state index in [1.807, 2.05) is 0 Å². The summed E-state index contributed by atoms with van der Waals surface area (Å²) in [5.41, 5.74) is 0.266. The zero-order chi connectivity index (χ0) is 15.6. The Kier molecular flexibility index (Phi) is 4.20. The number of methoxy groups -OCH3 is 1. The average Bonchev–Trinajstić information content (AvgIpc) is 2.94. The number of amides is 1. The topological polar surface area (TPSA) is 46.6 Å². The molecule has 2 rings (SSSR count). The zero-order valence-corrected chi connectivity index (χ0v) is 11.3. The SMILES string of the molecule is COc1ccc(C(=O)C2CCCN2C(=O)C(F)(F)F)cc1. The van der Waals surface area contributed by atoms with Crippen molar-refractivity contribution in [1.82, 2.24) is 4.90 Å². The molecule has 114 valence electrons. The van der Waals surface area contributed by atoms with Crippen molar-refractivity contribution in [3.63, 3.8) is 0 Å². The summed E-state index contributed by atoms with van der Waals surface area (Å²) in [6.07, 6.45) is -4.33. The number of rotatable bonds is 3. The number of nitrogens with zero attached hydrogens (tertiary/aromatic N) is 1. The van der Waals surface area contributed by atoms with Crippen molar-refractivity contribution >= 4 is 11.7 Å². The summed E-state index contributed by atoms with van der Waals surface area (Å²) in [7, 11) is 1.47. The van der Waals surface area contributed by atoms with Crippen LogP contribution >= 0.6 is 0 Å². The molecule has 1 amide bonds. The molecule has 0 bridgehead atoms. The van der Waals surface area contributed by atoms with Crippen LogP contribution in [0.15, 0.2) is 24.3 Å². The molecule has 1 aromatic rings. The summed E-state index contributed by atoms with van der Waals surface area (Å²) in [4.78, 5) is 24.2. The minimum absolute atomic E-state index is 0.0507. The van der Waals surface area contributed by atoms with Crippen molar-refractivity contribution in [2.75, 3.05) is 13.7 Å². The van der Waals surface area contributed by atoms with E-state index in [-0.39, 0.29) is 18.5 Å². The van der Waals surface area contributed by atoms with Crippen LogP contribution < -0.4 is 4.74 Å². The van der Waals surface area contributed by atoms with E-state index in [1.165, 1.54) is 19.2 Å². The highest BCUT2D eigenvalue weighted by Gasteiger charge is 2.47. The van der Waals surface area contributed by atoms with Gasteiger partial charge in [-0.1, -0.05) is 0 Å². The van der Waals surface area contributed by atoms with E-state index in [4.69, 9.17) is 4.74 Å². The van der Waals surface area contributed by atoms with Gasteiger partial charge in [0, 0.05) is 12.1 Å². The van der Waals surface area contributed by atoms with Gasteiger partial charge in [-0.25, -0.2) is 0 Å². The highest BCUT2D eigenvalue weighted by Crippen LogP contribution is 2.27. The highest BCUT2D eigenvalue weighted by molar-refractivity contribution is 6.02. The van der Waals surface area contributed by atoms with Gasteiger partial charge < -0.3 is 9.64 Å². The van der Waals surface area contributed by atoms with Gasteiger partial charge in [0.05, 0.1) is 13.2 Å². The van der Waals surface area contributed by atoms with Gasteiger partial charge in [-0.3, -0.25) is 9.59 Å². The standard InChI is InChI=1S/C14H14F3NO3/c1-21-10-6-4-9(5-7-10)12(19)11-3-2-8-18(11)13(20)14(15,16)17/h4-7,11H,2-3,8H2,1H3. The summed E-state index contributed by atoms with van der Waals surface area (Å²) in [5.74, 6) is -1.89. The summed E-state index contributed by atoms with van der Waals surface area (Å²) in [5, 5.41) is 0. The fourth-order valence-electron chi connectivity index (χ4n) is 2.39. The summed E-state index contributed by atoms with van der Waals surface area (Å²) >= 11 is 0. The predicted octanol–water partition coefficient (Wildman–Crippen LogP) is 2.43. The number of hydrogen-bond donors (Lipinski definition) is 0. The minimum Gasteiger partial charge on any atom is -0.497 e. The number of halogens is 3. The third-order valence-electron chi connectivity index (χ3n) is 3.43. The molecule has 1 heterocycles. The maximum Gasteiger partial charge on any atom is 0.471 e. The van der Waals surface area contributed by atoms with E-state index in [2.05, 4.69) is 0 Å². The van der Waals surface area contributed by atoms with Crippen LogP contribution in [0.1, 0.15) is 23.2 Å². The van der Waals surface area contributed by atoms with Gasteiger partial charge in [0.15, 0.2) is 5.78 Å². The molecule has 1 atom stereocenters. The van der Waals surface area contributed by atoms with Crippen LogP contribution in [0.2, 0.25) is 0 Å². The van der Waals surface area contributed by atoms with Crippen molar-refractivity contribution in [2.24, 2.45) is 0 Å². The Hall–Kier alpha value is -2.05. The monoisotopic (exact) mass is 301 g/mol. The van der Waals surface area contributed by atoms with E-state index >= 15 is 0 Å². The second kappa shape index (κ2) is 5.75. The lowest BCUT2D eigenvalue weighted by atomic mass is 10.0. The maximum atomic E-state index is 12.5. The van der Waals surface area contributed by atoms with E-state index in [0.717, 1.165) is 0 Å². The molecule has 7 heteroatoms. The Morgan fingerprint density at radius 1 is 1.24 bits per heavy atom. The number of likely N-dealkylation sites (tertiary alicyclic amines) is 1. The van der Waals surface area contributed by atoms with E-state index in [0.29, 0.717) is 17.1 Å². The number of Topliss-reactive ketones (excluding diaryl/α,β-unsaturated/α-hetero) is 1. The van der Waals surface area contributed by atoms with Gasteiger partial charge in [-0.05, 0) is 37.1 Å². The van der Waals surface area contributed by atoms with Crippen LogP contribution in [0.3, 0.4) is 0 Å². The van der Waals surface area contributed by atoms with Crippen molar-refractivity contribution in [3.8, 4) is 5.75 Å².